The lowest BCUT2D eigenvalue weighted by molar-refractivity contribution is -0.865. The average molecular weight is 296 g/mol. The molecule has 0 aromatic heterocycles. The maximum absolute atomic E-state index is 5.33. The fourth-order valence-electron chi connectivity index (χ4n) is 2.22. The lowest BCUT2D eigenvalue weighted by Gasteiger charge is -2.26. The van der Waals surface area contributed by atoms with Gasteiger partial charge in [-0.15, -0.1) is 0 Å². The molecule has 112 valence electrons. The van der Waals surface area contributed by atoms with Gasteiger partial charge in [-0.3, -0.25) is 0 Å². The smallest absolute Gasteiger partial charge is 0.170 e. The van der Waals surface area contributed by atoms with Gasteiger partial charge < -0.3 is 20.3 Å². The number of methoxy groups -OCH3 is 1. The molecule has 1 aromatic rings. The Balaban J connectivity index is 2.47. The topological polar surface area (TPSA) is 37.7 Å². The normalized spacial score (nSPS) is 11.3. The Morgan fingerprint density at radius 1 is 1.35 bits per heavy atom. The van der Waals surface area contributed by atoms with Gasteiger partial charge in [0, 0.05) is 23.7 Å². The first-order valence-electron chi connectivity index (χ1n) is 6.80. The Kier molecular flexibility index (Phi) is 6.23. The van der Waals surface area contributed by atoms with E-state index in [0.29, 0.717) is 5.11 Å². The molecule has 3 N–H and O–H groups in total. The van der Waals surface area contributed by atoms with Crippen molar-refractivity contribution < 1.29 is 9.64 Å². The Morgan fingerprint density at radius 3 is 2.65 bits per heavy atom. The van der Waals surface area contributed by atoms with Crippen molar-refractivity contribution in [2.45, 2.75) is 13.8 Å². The molecule has 0 radical (unpaired) electrons. The number of hydrogen-bond acceptors (Lipinski definition) is 2. The second-order valence-corrected chi connectivity index (χ2v) is 6.50. The zero-order valence-corrected chi connectivity index (χ0v) is 13.9. The van der Waals surface area contributed by atoms with Crippen molar-refractivity contribution in [1.82, 2.24) is 5.32 Å². The number of thiocarbonyl (C=S) groups is 1. The van der Waals surface area contributed by atoms with Crippen LogP contribution in [0.3, 0.4) is 0 Å². The first-order chi connectivity index (χ1) is 9.32. The molecule has 0 heterocycles. The Bertz CT molecular complexity index is 446. The molecule has 5 heteroatoms. The zero-order chi connectivity index (χ0) is 15.2. The summed E-state index contributed by atoms with van der Waals surface area (Å²) in [6, 6.07) is 7.72. The zero-order valence-electron chi connectivity index (χ0n) is 13.0. The van der Waals surface area contributed by atoms with Crippen LogP contribution in [-0.2, 0) is 0 Å². The molecule has 1 aromatic carbocycles. The number of nitrogens with one attached hydrogen (secondary N) is 3. The summed E-state index contributed by atoms with van der Waals surface area (Å²) in [5.41, 5.74) is 1.12. The third kappa shape index (κ3) is 6.21. The molecule has 0 atom stereocenters. The predicted octanol–water partition coefficient (Wildman–Crippen LogP) is 1.15. The minimum Gasteiger partial charge on any atom is -0.497 e. The van der Waals surface area contributed by atoms with E-state index in [9.17, 15) is 0 Å². The summed E-state index contributed by atoms with van der Waals surface area (Å²) in [6.07, 6.45) is 0. The number of benzene rings is 1. The monoisotopic (exact) mass is 296 g/mol. The number of rotatable bonds is 6. The van der Waals surface area contributed by atoms with Gasteiger partial charge in [0.15, 0.2) is 5.11 Å². The van der Waals surface area contributed by atoms with Gasteiger partial charge in [-0.05, 0) is 24.4 Å². The van der Waals surface area contributed by atoms with Gasteiger partial charge in [0.1, 0.15) is 5.75 Å². The van der Waals surface area contributed by atoms with Gasteiger partial charge in [-0.25, -0.2) is 0 Å². The molecule has 0 saturated heterocycles. The van der Waals surface area contributed by atoms with Crippen LogP contribution in [0.4, 0.5) is 5.69 Å². The van der Waals surface area contributed by atoms with E-state index in [-0.39, 0.29) is 5.41 Å². The van der Waals surface area contributed by atoms with Crippen molar-refractivity contribution in [3.05, 3.63) is 24.3 Å². The van der Waals surface area contributed by atoms with Gasteiger partial charge in [0.25, 0.3) is 0 Å². The highest BCUT2D eigenvalue weighted by Crippen LogP contribution is 2.16. The number of hydrogen-bond donors (Lipinski definition) is 3. The van der Waals surface area contributed by atoms with Crippen LogP contribution >= 0.6 is 12.2 Å². The fraction of sp³-hybridized carbons (Fsp3) is 0.533. The molecule has 0 amide bonds. The van der Waals surface area contributed by atoms with E-state index >= 15 is 0 Å². The van der Waals surface area contributed by atoms with Crippen LogP contribution in [0.1, 0.15) is 13.8 Å². The van der Waals surface area contributed by atoms with Gasteiger partial charge in [-0.1, -0.05) is 19.9 Å². The van der Waals surface area contributed by atoms with Crippen LogP contribution in [0.5, 0.6) is 5.75 Å². The summed E-state index contributed by atoms with van der Waals surface area (Å²) in [5, 5.41) is 7.10. The third-order valence-corrected chi connectivity index (χ3v) is 3.13. The Hall–Kier alpha value is -1.33. The van der Waals surface area contributed by atoms with E-state index < -0.39 is 0 Å². The van der Waals surface area contributed by atoms with Crippen molar-refractivity contribution in [3.8, 4) is 5.75 Å². The minimum absolute atomic E-state index is 0.193. The number of anilines is 1. The second-order valence-electron chi connectivity index (χ2n) is 6.09. The maximum Gasteiger partial charge on any atom is 0.170 e. The first-order valence-corrected chi connectivity index (χ1v) is 7.21. The molecule has 20 heavy (non-hydrogen) atoms. The SMILES string of the molecule is COc1cccc(NC(=S)NCC(C)(C)C[NH+](C)C)c1. The Morgan fingerprint density at radius 2 is 2.05 bits per heavy atom. The van der Waals surface area contributed by atoms with E-state index in [4.69, 9.17) is 17.0 Å². The van der Waals surface area contributed by atoms with E-state index in [1.54, 1.807) is 7.11 Å². The van der Waals surface area contributed by atoms with Crippen LogP contribution in [0.2, 0.25) is 0 Å². The fourth-order valence-corrected chi connectivity index (χ4v) is 2.41. The molecule has 0 fully saturated rings. The molecule has 0 aliphatic heterocycles. The standard InChI is InChI=1S/C15H25N3OS/c1-15(2,11-18(3)4)10-16-14(20)17-12-7-6-8-13(9-12)19-5/h6-9H,10-11H2,1-5H3,(H2,16,17,20)/p+1. The summed E-state index contributed by atoms with van der Waals surface area (Å²) >= 11 is 5.33. The average Bonchev–Trinajstić information content (AvgIpc) is 2.35. The van der Waals surface area contributed by atoms with E-state index in [1.807, 2.05) is 24.3 Å². The molecule has 0 aliphatic rings. The van der Waals surface area contributed by atoms with E-state index in [1.165, 1.54) is 4.90 Å². The van der Waals surface area contributed by atoms with Crippen LogP contribution < -0.4 is 20.3 Å². The highest BCUT2D eigenvalue weighted by atomic mass is 32.1. The second kappa shape index (κ2) is 7.45. The summed E-state index contributed by atoms with van der Waals surface area (Å²) in [5.74, 6) is 0.814. The minimum atomic E-state index is 0.193. The summed E-state index contributed by atoms with van der Waals surface area (Å²) < 4.78 is 5.19. The summed E-state index contributed by atoms with van der Waals surface area (Å²) in [7, 11) is 5.98. The summed E-state index contributed by atoms with van der Waals surface area (Å²) in [6.45, 7) is 6.40. The van der Waals surface area contributed by atoms with Gasteiger partial charge in [0.2, 0.25) is 0 Å². The van der Waals surface area contributed by atoms with Crippen molar-refractivity contribution >= 4 is 23.0 Å². The van der Waals surface area contributed by atoms with Crippen LogP contribution in [0.25, 0.3) is 0 Å². The van der Waals surface area contributed by atoms with Gasteiger partial charge in [0.05, 0.1) is 27.7 Å². The summed E-state index contributed by atoms with van der Waals surface area (Å²) in [4.78, 5) is 1.43. The molecule has 0 bridgehead atoms. The van der Waals surface area contributed by atoms with Crippen LogP contribution in [0.15, 0.2) is 24.3 Å². The van der Waals surface area contributed by atoms with Crippen molar-refractivity contribution in [2.75, 3.05) is 39.6 Å². The van der Waals surface area contributed by atoms with Crippen molar-refractivity contribution in [1.29, 1.82) is 0 Å². The molecule has 0 spiro atoms. The van der Waals surface area contributed by atoms with Gasteiger partial charge in [-0.2, -0.15) is 0 Å². The Labute approximate surface area is 127 Å². The maximum atomic E-state index is 5.33. The van der Waals surface area contributed by atoms with Crippen molar-refractivity contribution in [3.63, 3.8) is 0 Å². The highest BCUT2D eigenvalue weighted by Gasteiger charge is 2.21. The molecule has 4 nitrogen and oxygen atoms in total. The molecule has 0 unspecified atom stereocenters. The number of quaternary nitrogens is 1. The third-order valence-electron chi connectivity index (χ3n) is 2.89. The van der Waals surface area contributed by atoms with E-state index in [2.05, 4.69) is 38.6 Å². The van der Waals surface area contributed by atoms with E-state index in [0.717, 1.165) is 24.5 Å². The largest absolute Gasteiger partial charge is 0.497 e. The molecule has 1 rings (SSSR count). The molecular formula is C15H26N3OS+. The molecule has 0 saturated carbocycles. The van der Waals surface area contributed by atoms with Crippen LogP contribution in [-0.4, -0.2) is 39.4 Å². The van der Waals surface area contributed by atoms with Gasteiger partial charge >= 0.3 is 0 Å². The van der Waals surface area contributed by atoms with Crippen molar-refractivity contribution in [2.24, 2.45) is 5.41 Å². The quantitative estimate of drug-likeness (QED) is 0.689. The first kappa shape index (κ1) is 16.7. The number of ether oxygens (including phenoxy) is 1. The predicted molar refractivity (Wildman–Crippen MR) is 88.7 cm³/mol. The lowest BCUT2D eigenvalue weighted by Crippen LogP contribution is -3.07. The molecule has 0 aliphatic carbocycles. The molecular weight excluding hydrogens is 270 g/mol. The van der Waals surface area contributed by atoms with Crippen LogP contribution in [0, 0.1) is 5.41 Å². The highest BCUT2D eigenvalue weighted by molar-refractivity contribution is 7.80. The lowest BCUT2D eigenvalue weighted by atomic mass is 9.93.